The minimum atomic E-state index is -5.03. The number of hydrogen-bond donors (Lipinski definition) is 5. The molecule has 0 aliphatic carbocycles. The molecule has 1 amide bonds. The highest BCUT2D eigenvalue weighted by atomic mass is 31.2. The normalized spacial score (nSPS) is 12.5. The van der Waals surface area contributed by atoms with E-state index >= 15 is 0 Å². The van der Waals surface area contributed by atoms with E-state index < -0.39 is 30.8 Å². The standard InChI is InChI=1S/C32H33N2O6P/c1-23-12-16-25(17-13-23)26-18-14-24(15-19-26)22-29(31(37)33-21-20-30(35)36)34-32(41(38,39)40,27-8-4-2-5-9-27)28-10-6-3-7-11-28/h2-19,29,34H,20-22H2,1H3,(H,33,37)(H,35,36)(H2,38,39,40). The van der Waals surface area contributed by atoms with Gasteiger partial charge in [0.2, 0.25) is 5.91 Å². The SMILES string of the molecule is Cc1ccc(-c2ccc(CC(NC(c3ccccc3)(c3ccccc3)P(=O)(O)O)C(=O)NCCC(=O)O)cc2)cc1. The summed E-state index contributed by atoms with van der Waals surface area (Å²) in [6.45, 7) is 1.89. The Labute approximate surface area is 239 Å². The number of rotatable bonds is 12. The van der Waals surface area contributed by atoms with E-state index in [4.69, 9.17) is 5.11 Å². The smallest absolute Gasteiger partial charge is 0.354 e. The second kappa shape index (κ2) is 13.1. The number of carbonyl (C=O) groups excluding carboxylic acids is 1. The van der Waals surface area contributed by atoms with Crippen LogP contribution in [0.5, 0.6) is 0 Å². The Kier molecular flexibility index (Phi) is 9.53. The zero-order valence-electron chi connectivity index (χ0n) is 22.6. The van der Waals surface area contributed by atoms with Crippen LogP contribution in [-0.4, -0.2) is 39.4 Å². The van der Waals surface area contributed by atoms with E-state index in [1.54, 1.807) is 60.7 Å². The molecule has 0 radical (unpaired) electrons. The number of amides is 1. The van der Waals surface area contributed by atoms with Crippen LogP contribution in [0.1, 0.15) is 28.7 Å². The fraction of sp³-hybridized carbons (Fsp3) is 0.188. The molecule has 8 nitrogen and oxygen atoms in total. The summed E-state index contributed by atoms with van der Waals surface area (Å²) in [6, 6.07) is 31.2. The van der Waals surface area contributed by atoms with Crippen LogP contribution in [0.25, 0.3) is 11.1 Å². The van der Waals surface area contributed by atoms with Gasteiger partial charge < -0.3 is 20.2 Å². The first kappa shape index (κ1) is 29.9. The molecule has 0 saturated heterocycles. The Morgan fingerprint density at radius 3 is 1.73 bits per heavy atom. The summed E-state index contributed by atoms with van der Waals surface area (Å²) in [6.07, 6.45) is -0.195. The number of carboxylic acid groups (broad SMARTS) is 1. The molecule has 4 rings (SSSR count). The third-order valence-corrected chi connectivity index (χ3v) is 8.46. The average molecular weight is 573 g/mol. The second-order valence-electron chi connectivity index (χ2n) is 9.89. The molecule has 0 saturated carbocycles. The maximum atomic E-state index is 13.5. The number of aliphatic carboxylic acids is 1. The van der Waals surface area contributed by atoms with Gasteiger partial charge in [0.1, 0.15) is 0 Å². The number of carbonyl (C=O) groups is 2. The monoisotopic (exact) mass is 572 g/mol. The van der Waals surface area contributed by atoms with Gasteiger partial charge in [-0.25, -0.2) is 0 Å². The molecule has 9 heteroatoms. The molecular formula is C32H33N2O6P. The number of aryl methyl sites for hydroxylation is 1. The van der Waals surface area contributed by atoms with Crippen molar-refractivity contribution in [3.63, 3.8) is 0 Å². The van der Waals surface area contributed by atoms with Crippen molar-refractivity contribution in [3.05, 3.63) is 131 Å². The molecule has 41 heavy (non-hydrogen) atoms. The average Bonchev–Trinajstić information content (AvgIpc) is 2.96. The maximum Gasteiger partial charge on any atom is 0.354 e. The summed E-state index contributed by atoms with van der Waals surface area (Å²) < 4.78 is 13.4. The fourth-order valence-electron chi connectivity index (χ4n) is 4.80. The van der Waals surface area contributed by atoms with Crippen molar-refractivity contribution in [1.29, 1.82) is 0 Å². The Balaban J connectivity index is 1.74. The lowest BCUT2D eigenvalue weighted by Gasteiger charge is -2.39. The lowest BCUT2D eigenvalue weighted by Crippen LogP contribution is -2.55. The van der Waals surface area contributed by atoms with Crippen LogP contribution in [0.2, 0.25) is 0 Å². The molecule has 0 spiro atoms. The van der Waals surface area contributed by atoms with Crippen molar-refractivity contribution in [3.8, 4) is 11.1 Å². The Bertz CT molecular complexity index is 1460. The minimum Gasteiger partial charge on any atom is -0.481 e. The molecule has 4 aromatic carbocycles. The highest BCUT2D eigenvalue weighted by Gasteiger charge is 2.51. The van der Waals surface area contributed by atoms with Crippen LogP contribution in [0.15, 0.2) is 109 Å². The summed E-state index contributed by atoms with van der Waals surface area (Å²) in [5, 5.41) is 12.7. The van der Waals surface area contributed by atoms with Gasteiger partial charge in [0, 0.05) is 6.54 Å². The third-order valence-electron chi connectivity index (χ3n) is 6.94. The van der Waals surface area contributed by atoms with E-state index in [9.17, 15) is 23.9 Å². The van der Waals surface area contributed by atoms with Crippen LogP contribution in [0.3, 0.4) is 0 Å². The molecule has 212 valence electrons. The topological polar surface area (TPSA) is 136 Å². The first-order valence-corrected chi connectivity index (χ1v) is 14.8. The van der Waals surface area contributed by atoms with E-state index in [1.165, 1.54) is 0 Å². The van der Waals surface area contributed by atoms with Crippen LogP contribution in [0, 0.1) is 6.92 Å². The summed E-state index contributed by atoms with van der Waals surface area (Å²) in [5.41, 5.74) is 4.51. The van der Waals surface area contributed by atoms with Gasteiger partial charge in [-0.15, -0.1) is 0 Å². The van der Waals surface area contributed by atoms with Gasteiger partial charge in [0.25, 0.3) is 0 Å². The number of carboxylic acids is 1. The Morgan fingerprint density at radius 2 is 1.27 bits per heavy atom. The third kappa shape index (κ3) is 7.17. The van der Waals surface area contributed by atoms with Crippen LogP contribution < -0.4 is 10.6 Å². The predicted molar refractivity (Wildman–Crippen MR) is 158 cm³/mol. The van der Waals surface area contributed by atoms with Crippen molar-refractivity contribution < 1.29 is 29.0 Å². The summed E-state index contributed by atoms with van der Waals surface area (Å²) >= 11 is 0. The molecule has 5 N–H and O–H groups in total. The first-order chi connectivity index (χ1) is 19.6. The molecular weight excluding hydrogens is 539 g/mol. The van der Waals surface area contributed by atoms with Crippen LogP contribution in [-0.2, 0) is 25.9 Å². The molecule has 0 aliphatic rings. The summed E-state index contributed by atoms with van der Waals surface area (Å²) in [4.78, 5) is 46.4. The Hall–Kier alpha value is -4.07. The molecule has 0 aromatic heterocycles. The van der Waals surface area contributed by atoms with E-state index in [0.717, 1.165) is 22.3 Å². The number of benzene rings is 4. The molecule has 0 heterocycles. The van der Waals surface area contributed by atoms with Crippen molar-refractivity contribution in [2.75, 3.05) is 6.54 Å². The van der Waals surface area contributed by atoms with Crippen molar-refractivity contribution in [2.45, 2.75) is 31.1 Å². The molecule has 1 atom stereocenters. The van der Waals surface area contributed by atoms with E-state index in [0.29, 0.717) is 0 Å². The quantitative estimate of drug-likeness (QED) is 0.153. The number of hydrogen-bond acceptors (Lipinski definition) is 4. The Morgan fingerprint density at radius 1 is 0.780 bits per heavy atom. The van der Waals surface area contributed by atoms with Crippen molar-refractivity contribution in [2.24, 2.45) is 0 Å². The second-order valence-corrected chi connectivity index (χ2v) is 11.6. The van der Waals surface area contributed by atoms with E-state index in [2.05, 4.69) is 10.6 Å². The maximum absolute atomic E-state index is 13.5. The highest BCUT2D eigenvalue weighted by molar-refractivity contribution is 7.53. The van der Waals surface area contributed by atoms with Crippen molar-refractivity contribution in [1.82, 2.24) is 10.6 Å². The zero-order valence-corrected chi connectivity index (χ0v) is 23.5. The van der Waals surface area contributed by atoms with Crippen LogP contribution in [0.4, 0.5) is 0 Å². The van der Waals surface area contributed by atoms with Gasteiger partial charge >= 0.3 is 13.6 Å². The summed E-state index contributed by atoms with van der Waals surface area (Å²) in [7, 11) is -5.03. The van der Waals surface area contributed by atoms with Gasteiger partial charge in [-0.2, -0.15) is 0 Å². The van der Waals surface area contributed by atoms with Gasteiger partial charge in [0.05, 0.1) is 12.5 Å². The van der Waals surface area contributed by atoms with Gasteiger partial charge in [-0.05, 0) is 41.2 Å². The lowest BCUT2D eigenvalue weighted by molar-refractivity contribution is -0.137. The molecule has 4 aromatic rings. The lowest BCUT2D eigenvalue weighted by atomic mass is 9.94. The van der Waals surface area contributed by atoms with Gasteiger partial charge in [-0.1, -0.05) is 115 Å². The summed E-state index contributed by atoms with van der Waals surface area (Å²) in [5.74, 6) is -1.64. The molecule has 0 aliphatic heterocycles. The zero-order chi connectivity index (χ0) is 29.5. The molecule has 0 bridgehead atoms. The number of nitrogens with one attached hydrogen (secondary N) is 2. The van der Waals surface area contributed by atoms with Crippen LogP contribution >= 0.6 is 7.60 Å². The van der Waals surface area contributed by atoms with Gasteiger partial charge in [0.15, 0.2) is 5.28 Å². The largest absolute Gasteiger partial charge is 0.481 e. The minimum absolute atomic E-state index is 0.0918. The molecule has 1 unspecified atom stereocenters. The van der Waals surface area contributed by atoms with Crippen molar-refractivity contribution >= 4 is 19.5 Å². The fourth-order valence-corrected chi connectivity index (χ4v) is 6.10. The van der Waals surface area contributed by atoms with Gasteiger partial charge in [-0.3, -0.25) is 19.5 Å². The first-order valence-electron chi connectivity index (χ1n) is 13.2. The molecule has 0 fully saturated rings. The van der Waals surface area contributed by atoms with E-state index in [1.807, 2.05) is 55.5 Å². The predicted octanol–water partition coefficient (Wildman–Crippen LogP) is 4.83. The highest BCUT2D eigenvalue weighted by Crippen LogP contribution is 2.59. The van der Waals surface area contributed by atoms with E-state index in [-0.39, 0.29) is 30.5 Å².